The van der Waals surface area contributed by atoms with Gasteiger partial charge < -0.3 is 0 Å². The molecule has 0 aromatic rings. The summed E-state index contributed by atoms with van der Waals surface area (Å²) >= 11 is 0. The summed E-state index contributed by atoms with van der Waals surface area (Å²) in [6, 6.07) is 0. The first kappa shape index (κ1) is 7.44. The average Bonchev–Trinajstić information content (AvgIpc) is 2.61. The van der Waals surface area contributed by atoms with Crippen LogP contribution in [0.25, 0.3) is 0 Å². The predicted molar refractivity (Wildman–Crippen MR) is 35.3 cm³/mol. The minimum atomic E-state index is -2.75. The summed E-state index contributed by atoms with van der Waals surface area (Å²) in [6.45, 7) is 0. The van der Waals surface area contributed by atoms with Gasteiger partial charge in [-0.25, -0.2) is 13.2 Å². The number of hydrogen-bond donors (Lipinski definition) is 0. The molecule has 2 rings (SSSR count). The molecule has 2 saturated carbocycles. The molecular weight excluding hydrogens is 153 g/mol. The van der Waals surface area contributed by atoms with E-state index in [1.807, 2.05) is 0 Å². The van der Waals surface area contributed by atoms with E-state index >= 15 is 0 Å². The zero-order chi connectivity index (χ0) is 8.06. The molecule has 0 radical (unpaired) electrons. The summed E-state index contributed by atoms with van der Waals surface area (Å²) in [5.41, 5.74) is -2.09. The van der Waals surface area contributed by atoms with Crippen molar-refractivity contribution in [3.63, 3.8) is 0 Å². The maximum absolute atomic E-state index is 13.2. The standard InChI is InChI=1S/C8H11F3/c9-7(10)8(11)5-3-1-2-4-6(5)8/h5-7H,1-4H2/t5-,6+,8?. The quantitative estimate of drug-likeness (QED) is 0.559. The molecule has 3 heteroatoms. The lowest BCUT2D eigenvalue weighted by Gasteiger charge is -2.03. The van der Waals surface area contributed by atoms with E-state index in [2.05, 4.69) is 0 Å². The minimum Gasteiger partial charge on any atom is -0.237 e. The van der Waals surface area contributed by atoms with Crippen LogP contribution in [-0.4, -0.2) is 12.1 Å². The molecule has 2 fully saturated rings. The number of hydrogen-bond acceptors (Lipinski definition) is 0. The van der Waals surface area contributed by atoms with Crippen LogP contribution in [0, 0.1) is 11.8 Å². The maximum Gasteiger partial charge on any atom is 0.272 e. The molecule has 0 aromatic heterocycles. The van der Waals surface area contributed by atoms with Crippen molar-refractivity contribution < 1.29 is 13.2 Å². The molecule has 2 aliphatic carbocycles. The highest BCUT2D eigenvalue weighted by molar-refractivity contribution is 5.15. The van der Waals surface area contributed by atoms with E-state index in [4.69, 9.17) is 0 Å². The fourth-order valence-corrected chi connectivity index (χ4v) is 2.42. The Balaban J connectivity index is 2.08. The summed E-state index contributed by atoms with van der Waals surface area (Å²) in [7, 11) is 0. The van der Waals surface area contributed by atoms with Gasteiger partial charge in [0.1, 0.15) is 0 Å². The second-order valence-electron chi connectivity index (χ2n) is 3.63. The van der Waals surface area contributed by atoms with Gasteiger partial charge in [-0.05, 0) is 12.8 Å². The summed E-state index contributed by atoms with van der Waals surface area (Å²) in [4.78, 5) is 0. The molecule has 0 aromatic carbocycles. The van der Waals surface area contributed by atoms with Crippen LogP contribution in [0.3, 0.4) is 0 Å². The van der Waals surface area contributed by atoms with Gasteiger partial charge in [-0.15, -0.1) is 0 Å². The fourth-order valence-electron chi connectivity index (χ4n) is 2.42. The smallest absolute Gasteiger partial charge is 0.237 e. The molecular formula is C8H11F3. The fraction of sp³-hybridized carbons (Fsp3) is 1.00. The van der Waals surface area contributed by atoms with Crippen LogP contribution in [0.5, 0.6) is 0 Å². The molecule has 0 bridgehead atoms. The Labute approximate surface area is 63.8 Å². The molecule has 0 aliphatic heterocycles. The minimum absolute atomic E-state index is 0.309. The first-order valence-electron chi connectivity index (χ1n) is 4.14. The Hall–Kier alpha value is -0.210. The molecule has 0 spiro atoms. The Bertz CT molecular complexity index is 155. The van der Waals surface area contributed by atoms with Gasteiger partial charge in [0, 0.05) is 11.8 Å². The number of fused-ring (bicyclic) bond motifs is 1. The van der Waals surface area contributed by atoms with E-state index in [0.29, 0.717) is 12.8 Å². The first-order chi connectivity index (χ1) is 5.17. The number of halogens is 3. The van der Waals surface area contributed by atoms with Gasteiger partial charge in [0.2, 0.25) is 0 Å². The van der Waals surface area contributed by atoms with Crippen molar-refractivity contribution in [2.75, 3.05) is 0 Å². The SMILES string of the molecule is FC(F)C1(F)[C@@H]2CCCC[C@@H]21. The highest BCUT2D eigenvalue weighted by atomic mass is 19.3. The molecule has 0 saturated heterocycles. The topological polar surface area (TPSA) is 0 Å². The van der Waals surface area contributed by atoms with Gasteiger partial charge in [0.25, 0.3) is 6.43 Å². The van der Waals surface area contributed by atoms with Gasteiger partial charge in [0.05, 0.1) is 0 Å². The van der Waals surface area contributed by atoms with Crippen LogP contribution in [0.15, 0.2) is 0 Å². The first-order valence-corrected chi connectivity index (χ1v) is 4.14. The van der Waals surface area contributed by atoms with Crippen molar-refractivity contribution in [2.24, 2.45) is 11.8 Å². The van der Waals surface area contributed by atoms with Crippen molar-refractivity contribution >= 4 is 0 Å². The average molecular weight is 164 g/mol. The van der Waals surface area contributed by atoms with Gasteiger partial charge in [-0.1, -0.05) is 12.8 Å². The Morgan fingerprint density at radius 1 is 1.09 bits per heavy atom. The Morgan fingerprint density at radius 3 is 1.91 bits per heavy atom. The third-order valence-electron chi connectivity index (χ3n) is 3.13. The van der Waals surface area contributed by atoms with Crippen LogP contribution in [0.4, 0.5) is 13.2 Å². The molecule has 64 valence electrons. The molecule has 1 unspecified atom stereocenters. The Morgan fingerprint density at radius 2 is 1.55 bits per heavy atom. The lowest BCUT2D eigenvalue weighted by Crippen LogP contribution is -2.17. The summed E-state index contributed by atoms with van der Waals surface area (Å²) in [5, 5.41) is 0. The normalized spacial score (nSPS) is 49.1. The maximum atomic E-state index is 13.2. The highest BCUT2D eigenvalue weighted by Crippen LogP contribution is 2.63. The van der Waals surface area contributed by atoms with E-state index in [1.165, 1.54) is 0 Å². The zero-order valence-corrected chi connectivity index (χ0v) is 6.19. The van der Waals surface area contributed by atoms with Crippen LogP contribution >= 0.6 is 0 Å². The van der Waals surface area contributed by atoms with Gasteiger partial charge in [-0.2, -0.15) is 0 Å². The highest BCUT2D eigenvalue weighted by Gasteiger charge is 2.71. The van der Waals surface area contributed by atoms with Gasteiger partial charge >= 0.3 is 0 Å². The van der Waals surface area contributed by atoms with E-state index in [9.17, 15) is 13.2 Å². The second-order valence-corrected chi connectivity index (χ2v) is 3.63. The lowest BCUT2D eigenvalue weighted by molar-refractivity contribution is 0.0155. The Kier molecular flexibility index (Phi) is 1.45. The molecule has 11 heavy (non-hydrogen) atoms. The van der Waals surface area contributed by atoms with Crippen LogP contribution in [0.1, 0.15) is 25.7 Å². The van der Waals surface area contributed by atoms with Crippen LogP contribution < -0.4 is 0 Å². The van der Waals surface area contributed by atoms with Crippen molar-refractivity contribution in [1.82, 2.24) is 0 Å². The summed E-state index contributed by atoms with van der Waals surface area (Å²) in [5.74, 6) is -0.618. The van der Waals surface area contributed by atoms with Crippen LogP contribution in [0.2, 0.25) is 0 Å². The number of rotatable bonds is 1. The lowest BCUT2D eigenvalue weighted by atomic mass is 10.0. The second kappa shape index (κ2) is 2.14. The van der Waals surface area contributed by atoms with E-state index < -0.39 is 12.1 Å². The number of alkyl halides is 3. The summed E-state index contributed by atoms with van der Waals surface area (Å²) < 4.78 is 37.5. The van der Waals surface area contributed by atoms with Crippen molar-refractivity contribution in [3.8, 4) is 0 Å². The van der Waals surface area contributed by atoms with E-state index in [-0.39, 0.29) is 11.8 Å². The molecule has 0 heterocycles. The van der Waals surface area contributed by atoms with Gasteiger partial charge in [-0.3, -0.25) is 0 Å². The van der Waals surface area contributed by atoms with Crippen molar-refractivity contribution in [2.45, 2.75) is 37.8 Å². The van der Waals surface area contributed by atoms with Crippen molar-refractivity contribution in [1.29, 1.82) is 0 Å². The third kappa shape index (κ3) is 0.828. The molecule has 0 nitrogen and oxygen atoms in total. The largest absolute Gasteiger partial charge is 0.272 e. The predicted octanol–water partition coefficient (Wildman–Crippen LogP) is 2.78. The molecule has 2 aliphatic rings. The zero-order valence-electron chi connectivity index (χ0n) is 6.19. The third-order valence-corrected chi connectivity index (χ3v) is 3.13. The monoisotopic (exact) mass is 164 g/mol. The van der Waals surface area contributed by atoms with E-state index in [0.717, 1.165) is 12.8 Å². The van der Waals surface area contributed by atoms with Crippen LogP contribution in [-0.2, 0) is 0 Å². The van der Waals surface area contributed by atoms with Gasteiger partial charge in [0.15, 0.2) is 5.67 Å². The van der Waals surface area contributed by atoms with Crippen molar-refractivity contribution in [3.05, 3.63) is 0 Å². The molecule has 0 amide bonds. The summed E-state index contributed by atoms with van der Waals surface area (Å²) in [6.07, 6.45) is 0.450. The molecule has 0 N–H and O–H groups in total. The van der Waals surface area contributed by atoms with E-state index in [1.54, 1.807) is 0 Å². The molecule has 3 atom stereocenters.